The first-order chi connectivity index (χ1) is 9.43. The van der Waals surface area contributed by atoms with Crippen LogP contribution < -0.4 is 10.6 Å². The molecule has 106 valence electrons. The standard InChI is InChI=1S/C12H15N5O3/c1-6-12(2,7-4-13-14-5-7)16-10(19)8-3-9(18)15-11(20)17(6)8/h4-6,8H,3H2,1-2H3,(H,13,14)(H,16,19)(H,15,18,20). The number of rotatable bonds is 1. The van der Waals surface area contributed by atoms with E-state index in [9.17, 15) is 14.4 Å². The van der Waals surface area contributed by atoms with Gasteiger partial charge in [0, 0.05) is 11.8 Å². The Bertz CT molecular complexity index is 584. The van der Waals surface area contributed by atoms with E-state index in [2.05, 4.69) is 20.8 Å². The molecule has 8 nitrogen and oxygen atoms in total. The molecular weight excluding hydrogens is 262 g/mol. The molecule has 0 aromatic carbocycles. The summed E-state index contributed by atoms with van der Waals surface area (Å²) < 4.78 is 0. The van der Waals surface area contributed by atoms with Crippen molar-refractivity contribution in [3.63, 3.8) is 0 Å². The Labute approximate surface area is 114 Å². The number of aromatic amines is 1. The number of hydrogen-bond acceptors (Lipinski definition) is 4. The second-order valence-electron chi connectivity index (χ2n) is 5.34. The molecule has 0 radical (unpaired) electrons. The van der Waals surface area contributed by atoms with Crippen LogP contribution in [0.1, 0.15) is 25.8 Å². The summed E-state index contributed by atoms with van der Waals surface area (Å²) >= 11 is 0. The average Bonchev–Trinajstić information content (AvgIpc) is 2.89. The normalized spacial score (nSPS) is 33.5. The minimum atomic E-state index is -0.752. The zero-order valence-electron chi connectivity index (χ0n) is 11.1. The number of imide groups is 1. The van der Waals surface area contributed by atoms with Crippen molar-refractivity contribution in [2.45, 2.75) is 37.9 Å². The third kappa shape index (κ3) is 1.60. The first kappa shape index (κ1) is 12.6. The molecule has 2 saturated heterocycles. The molecule has 2 fully saturated rings. The van der Waals surface area contributed by atoms with Gasteiger partial charge < -0.3 is 10.2 Å². The van der Waals surface area contributed by atoms with E-state index in [4.69, 9.17) is 0 Å². The Morgan fingerprint density at radius 2 is 2.15 bits per heavy atom. The SMILES string of the molecule is CC1N2C(=O)NC(=O)CC2C(=O)NC1(C)c1cn[nH]c1. The summed E-state index contributed by atoms with van der Waals surface area (Å²) in [4.78, 5) is 37.2. The zero-order chi connectivity index (χ0) is 14.5. The summed E-state index contributed by atoms with van der Waals surface area (Å²) in [5.74, 6) is -0.750. The molecule has 3 heterocycles. The average molecular weight is 277 g/mol. The fraction of sp³-hybridized carbons (Fsp3) is 0.500. The van der Waals surface area contributed by atoms with Crippen molar-refractivity contribution in [3.05, 3.63) is 18.0 Å². The molecule has 3 atom stereocenters. The van der Waals surface area contributed by atoms with Crippen molar-refractivity contribution in [2.75, 3.05) is 0 Å². The quantitative estimate of drug-likeness (QED) is 0.640. The Morgan fingerprint density at radius 3 is 2.80 bits per heavy atom. The maximum Gasteiger partial charge on any atom is 0.325 e. The van der Waals surface area contributed by atoms with Gasteiger partial charge in [-0.1, -0.05) is 0 Å². The predicted octanol–water partition coefficient (Wildman–Crippen LogP) is -0.546. The van der Waals surface area contributed by atoms with Crippen LogP contribution in [0.3, 0.4) is 0 Å². The van der Waals surface area contributed by atoms with E-state index >= 15 is 0 Å². The number of H-pyrrole nitrogens is 1. The molecule has 0 bridgehead atoms. The molecule has 2 aliphatic heterocycles. The van der Waals surface area contributed by atoms with Gasteiger partial charge >= 0.3 is 6.03 Å². The maximum absolute atomic E-state index is 12.3. The highest BCUT2D eigenvalue weighted by atomic mass is 16.2. The first-order valence-electron chi connectivity index (χ1n) is 6.37. The van der Waals surface area contributed by atoms with Crippen LogP contribution in [0, 0.1) is 0 Å². The number of aromatic nitrogens is 2. The highest BCUT2D eigenvalue weighted by Crippen LogP contribution is 2.34. The van der Waals surface area contributed by atoms with Crippen LogP contribution in [0.25, 0.3) is 0 Å². The van der Waals surface area contributed by atoms with Gasteiger partial charge in [0.2, 0.25) is 11.8 Å². The number of carbonyl (C=O) groups excluding carboxylic acids is 3. The lowest BCUT2D eigenvalue weighted by Crippen LogP contribution is -2.73. The lowest BCUT2D eigenvalue weighted by Gasteiger charge is -2.51. The third-order valence-electron chi connectivity index (χ3n) is 4.23. The number of amides is 4. The van der Waals surface area contributed by atoms with Crippen molar-refractivity contribution in [1.82, 2.24) is 25.7 Å². The van der Waals surface area contributed by atoms with E-state index in [-0.39, 0.29) is 18.4 Å². The summed E-state index contributed by atoms with van der Waals surface area (Å²) in [6.45, 7) is 3.68. The Kier molecular flexibility index (Phi) is 2.56. The second kappa shape index (κ2) is 4.06. The fourth-order valence-corrected chi connectivity index (χ4v) is 2.89. The number of urea groups is 1. The molecule has 0 aliphatic carbocycles. The fourth-order valence-electron chi connectivity index (χ4n) is 2.89. The lowest BCUT2D eigenvalue weighted by atomic mass is 9.82. The summed E-state index contributed by atoms with van der Waals surface area (Å²) in [5, 5.41) is 11.8. The summed E-state index contributed by atoms with van der Waals surface area (Å²) in [5.41, 5.74) is 0.0275. The molecule has 3 unspecified atom stereocenters. The molecule has 0 saturated carbocycles. The summed E-state index contributed by atoms with van der Waals surface area (Å²) in [6.07, 6.45) is 3.29. The maximum atomic E-state index is 12.3. The van der Waals surface area contributed by atoms with Crippen LogP contribution in [0.5, 0.6) is 0 Å². The molecule has 3 N–H and O–H groups in total. The van der Waals surface area contributed by atoms with Gasteiger partial charge in [0.25, 0.3) is 0 Å². The molecule has 4 amide bonds. The first-order valence-corrected chi connectivity index (χ1v) is 6.37. The topological polar surface area (TPSA) is 107 Å². The van der Waals surface area contributed by atoms with E-state index in [1.54, 1.807) is 12.4 Å². The Hall–Kier alpha value is -2.38. The smallest absolute Gasteiger partial charge is 0.325 e. The molecule has 3 rings (SSSR count). The summed E-state index contributed by atoms with van der Waals surface area (Å²) in [6, 6.07) is -1.58. The number of fused-ring (bicyclic) bond motifs is 1. The van der Waals surface area contributed by atoms with E-state index < -0.39 is 23.5 Å². The van der Waals surface area contributed by atoms with Crippen LogP contribution in [-0.4, -0.2) is 45.0 Å². The Morgan fingerprint density at radius 1 is 1.40 bits per heavy atom. The minimum Gasteiger partial charge on any atom is -0.343 e. The van der Waals surface area contributed by atoms with Gasteiger partial charge in [0.15, 0.2) is 0 Å². The van der Waals surface area contributed by atoms with Gasteiger partial charge in [0.05, 0.1) is 24.2 Å². The van der Waals surface area contributed by atoms with Crippen LogP contribution >= 0.6 is 0 Å². The van der Waals surface area contributed by atoms with Gasteiger partial charge in [-0.3, -0.25) is 20.0 Å². The van der Waals surface area contributed by atoms with Gasteiger partial charge in [-0.15, -0.1) is 0 Å². The summed E-state index contributed by atoms with van der Waals surface area (Å²) in [7, 11) is 0. The number of hydrogen-bond donors (Lipinski definition) is 3. The van der Waals surface area contributed by atoms with Crippen LogP contribution in [0.4, 0.5) is 4.79 Å². The Balaban J connectivity index is 2.01. The van der Waals surface area contributed by atoms with E-state index in [0.717, 1.165) is 5.56 Å². The molecule has 2 aliphatic rings. The monoisotopic (exact) mass is 277 g/mol. The number of nitrogens with one attached hydrogen (secondary N) is 3. The van der Waals surface area contributed by atoms with Crippen molar-refractivity contribution >= 4 is 17.8 Å². The van der Waals surface area contributed by atoms with E-state index in [1.165, 1.54) is 4.90 Å². The van der Waals surface area contributed by atoms with Gasteiger partial charge in [-0.2, -0.15) is 5.10 Å². The largest absolute Gasteiger partial charge is 0.343 e. The number of piperazine rings is 1. The molecule has 0 spiro atoms. The zero-order valence-corrected chi connectivity index (χ0v) is 11.1. The second-order valence-corrected chi connectivity index (χ2v) is 5.34. The lowest BCUT2D eigenvalue weighted by molar-refractivity contribution is -0.140. The molecular formula is C12H15N5O3. The van der Waals surface area contributed by atoms with Gasteiger partial charge in [-0.25, -0.2) is 4.79 Å². The molecule has 20 heavy (non-hydrogen) atoms. The van der Waals surface area contributed by atoms with Crippen molar-refractivity contribution in [1.29, 1.82) is 0 Å². The van der Waals surface area contributed by atoms with E-state index in [0.29, 0.717) is 0 Å². The van der Waals surface area contributed by atoms with Crippen LogP contribution in [0.15, 0.2) is 12.4 Å². The van der Waals surface area contributed by atoms with Crippen molar-refractivity contribution < 1.29 is 14.4 Å². The predicted molar refractivity (Wildman–Crippen MR) is 67.3 cm³/mol. The highest BCUT2D eigenvalue weighted by molar-refractivity contribution is 6.03. The number of nitrogens with zero attached hydrogens (tertiary/aromatic N) is 2. The highest BCUT2D eigenvalue weighted by Gasteiger charge is 2.52. The molecule has 1 aromatic rings. The van der Waals surface area contributed by atoms with Crippen molar-refractivity contribution in [2.24, 2.45) is 0 Å². The minimum absolute atomic E-state index is 0.0105. The number of carbonyl (C=O) groups is 3. The van der Waals surface area contributed by atoms with Crippen LogP contribution in [-0.2, 0) is 15.1 Å². The van der Waals surface area contributed by atoms with Crippen LogP contribution in [0.2, 0.25) is 0 Å². The van der Waals surface area contributed by atoms with E-state index in [1.807, 2.05) is 13.8 Å². The van der Waals surface area contributed by atoms with Gasteiger partial charge in [0.1, 0.15) is 6.04 Å². The third-order valence-corrected chi connectivity index (χ3v) is 4.23. The molecule has 1 aromatic heterocycles. The van der Waals surface area contributed by atoms with Crippen molar-refractivity contribution in [3.8, 4) is 0 Å². The molecule has 8 heteroatoms. The van der Waals surface area contributed by atoms with Gasteiger partial charge in [-0.05, 0) is 13.8 Å².